The normalized spacial score (nSPS) is 11.3. The van der Waals surface area contributed by atoms with E-state index in [9.17, 15) is 5.11 Å². The predicted octanol–water partition coefficient (Wildman–Crippen LogP) is 6.38. The molecule has 2 heteroatoms. The van der Waals surface area contributed by atoms with E-state index in [0.29, 0.717) is 5.75 Å². The Balaban J connectivity index is 1.72. The smallest absolute Gasteiger partial charge is 0.135 e. The fourth-order valence-corrected chi connectivity index (χ4v) is 3.97. The molecule has 1 N–H and O–H groups in total. The topological polar surface area (TPSA) is 29.5 Å². The monoisotopic (exact) mass is 350 g/mol. The molecule has 0 saturated carbocycles. The molecule has 0 bridgehead atoms. The van der Waals surface area contributed by atoms with E-state index in [1.807, 2.05) is 54.6 Å². The molecule has 1 aliphatic rings. The van der Waals surface area contributed by atoms with Gasteiger partial charge in [-0.15, -0.1) is 0 Å². The number of phenols is 1. The fourth-order valence-electron chi connectivity index (χ4n) is 3.97. The first kappa shape index (κ1) is 15.7. The van der Waals surface area contributed by atoms with Crippen molar-refractivity contribution < 1.29 is 9.84 Å². The molecule has 5 rings (SSSR count). The maximum absolute atomic E-state index is 11.1. The average Bonchev–Trinajstić information content (AvgIpc) is 2.72. The van der Waals surface area contributed by atoms with Crippen molar-refractivity contribution in [2.45, 2.75) is 0 Å². The van der Waals surface area contributed by atoms with Gasteiger partial charge in [-0.1, -0.05) is 72.8 Å². The molecule has 0 aliphatic heterocycles. The summed E-state index contributed by atoms with van der Waals surface area (Å²) in [4.78, 5) is 0. The molecule has 2 nitrogen and oxygen atoms in total. The van der Waals surface area contributed by atoms with Gasteiger partial charge < -0.3 is 9.84 Å². The summed E-state index contributed by atoms with van der Waals surface area (Å²) >= 11 is 0. The van der Waals surface area contributed by atoms with Gasteiger partial charge in [0.15, 0.2) is 0 Å². The van der Waals surface area contributed by atoms with E-state index >= 15 is 0 Å². The van der Waals surface area contributed by atoms with Gasteiger partial charge in [0.1, 0.15) is 11.5 Å². The highest BCUT2D eigenvalue weighted by Gasteiger charge is 2.32. The van der Waals surface area contributed by atoms with Crippen LogP contribution in [0.15, 0.2) is 84.9 Å². The summed E-state index contributed by atoms with van der Waals surface area (Å²) < 4.78 is 5.81. The first-order chi connectivity index (χ1) is 13.3. The number of rotatable bonds is 3. The van der Waals surface area contributed by atoms with Gasteiger partial charge >= 0.3 is 0 Å². The van der Waals surface area contributed by atoms with Crippen LogP contribution < -0.4 is 4.74 Å². The summed E-state index contributed by atoms with van der Waals surface area (Å²) in [6.45, 7) is 0. The second kappa shape index (κ2) is 6.03. The van der Waals surface area contributed by atoms with Crippen LogP contribution in [0.3, 0.4) is 0 Å². The number of aromatic hydroxyl groups is 1. The molecule has 0 atom stereocenters. The molecule has 4 aromatic carbocycles. The molecule has 0 spiro atoms. The van der Waals surface area contributed by atoms with Crippen molar-refractivity contribution in [1.82, 2.24) is 0 Å². The highest BCUT2D eigenvalue weighted by molar-refractivity contribution is 6.11. The Morgan fingerprint density at radius 2 is 1.04 bits per heavy atom. The van der Waals surface area contributed by atoms with Crippen LogP contribution in [0.25, 0.3) is 44.5 Å². The molecule has 0 heterocycles. The third kappa shape index (κ3) is 2.27. The zero-order valence-electron chi connectivity index (χ0n) is 14.9. The molecular formula is C25H18O2. The van der Waals surface area contributed by atoms with E-state index in [-0.39, 0.29) is 0 Å². The number of hydrogen-bond acceptors (Lipinski definition) is 2. The number of hydrogen-bond donors (Lipinski definition) is 1. The average molecular weight is 350 g/mol. The Bertz CT molecular complexity index is 1150. The summed E-state index contributed by atoms with van der Waals surface area (Å²) in [7, 11) is 1.69. The molecule has 0 fully saturated rings. The minimum absolute atomic E-state index is 0.315. The number of ether oxygens (including phenoxy) is 1. The van der Waals surface area contributed by atoms with Crippen molar-refractivity contribution >= 4 is 0 Å². The fraction of sp³-hybridized carbons (Fsp3) is 0.0400. The zero-order valence-corrected chi connectivity index (χ0v) is 14.9. The molecule has 0 saturated heterocycles. The molecule has 0 amide bonds. The minimum Gasteiger partial charge on any atom is -0.507 e. The zero-order chi connectivity index (χ0) is 18.4. The third-order valence-electron chi connectivity index (χ3n) is 5.25. The molecule has 1 aliphatic carbocycles. The largest absolute Gasteiger partial charge is 0.507 e. The van der Waals surface area contributed by atoms with Crippen molar-refractivity contribution in [1.29, 1.82) is 0 Å². The van der Waals surface area contributed by atoms with Crippen LogP contribution in [0, 0.1) is 0 Å². The molecule has 27 heavy (non-hydrogen) atoms. The lowest BCUT2D eigenvalue weighted by atomic mass is 9.76. The lowest BCUT2D eigenvalue weighted by molar-refractivity contribution is 0.417. The van der Waals surface area contributed by atoms with Gasteiger partial charge in [-0.05, 0) is 34.4 Å². The molecule has 130 valence electrons. The van der Waals surface area contributed by atoms with E-state index in [2.05, 4.69) is 30.3 Å². The standard InChI is InChI=1S/C25H18O2/c1-27-25-19(17-10-6-3-7-11-17)13-15-21-20-14-12-18(16-8-4-2-5-9-16)24(26)22(20)23(21)25/h2-15,26H,1H3. The van der Waals surface area contributed by atoms with Crippen molar-refractivity contribution in [3.8, 4) is 56.0 Å². The predicted molar refractivity (Wildman–Crippen MR) is 110 cm³/mol. The summed E-state index contributed by atoms with van der Waals surface area (Å²) in [5, 5.41) is 11.1. The first-order valence-electron chi connectivity index (χ1n) is 8.98. The van der Waals surface area contributed by atoms with Crippen LogP contribution in [0.1, 0.15) is 0 Å². The van der Waals surface area contributed by atoms with Crippen LogP contribution in [-0.2, 0) is 0 Å². The van der Waals surface area contributed by atoms with E-state index in [4.69, 9.17) is 4.74 Å². The maximum Gasteiger partial charge on any atom is 0.135 e. The highest BCUT2D eigenvalue weighted by atomic mass is 16.5. The van der Waals surface area contributed by atoms with Crippen LogP contribution in [0.2, 0.25) is 0 Å². The summed E-state index contributed by atoms with van der Waals surface area (Å²) in [6.07, 6.45) is 0. The summed E-state index contributed by atoms with van der Waals surface area (Å²) in [5.41, 5.74) is 8.04. The summed E-state index contributed by atoms with van der Waals surface area (Å²) in [6, 6.07) is 28.4. The third-order valence-corrected chi connectivity index (χ3v) is 5.25. The van der Waals surface area contributed by atoms with Gasteiger partial charge in [0.25, 0.3) is 0 Å². The quantitative estimate of drug-likeness (QED) is 0.409. The number of benzene rings is 4. The van der Waals surface area contributed by atoms with Crippen LogP contribution in [-0.4, -0.2) is 12.2 Å². The van der Waals surface area contributed by atoms with Crippen molar-refractivity contribution in [2.75, 3.05) is 7.11 Å². The summed E-state index contributed by atoms with van der Waals surface area (Å²) in [5.74, 6) is 1.13. The minimum atomic E-state index is 0.315. The Kier molecular flexibility index (Phi) is 3.51. The molecular weight excluding hydrogens is 332 g/mol. The van der Waals surface area contributed by atoms with Crippen molar-refractivity contribution in [2.24, 2.45) is 0 Å². The molecule has 0 aromatic heterocycles. The second-order valence-corrected chi connectivity index (χ2v) is 6.69. The van der Waals surface area contributed by atoms with E-state index in [1.165, 1.54) is 0 Å². The van der Waals surface area contributed by atoms with E-state index < -0.39 is 0 Å². The number of phenolic OH excluding ortho intramolecular Hbond substituents is 1. The molecule has 0 radical (unpaired) electrons. The highest BCUT2D eigenvalue weighted by Crippen LogP contribution is 2.59. The van der Waals surface area contributed by atoms with Gasteiger partial charge in [-0.2, -0.15) is 0 Å². The van der Waals surface area contributed by atoms with Crippen molar-refractivity contribution in [3.63, 3.8) is 0 Å². The number of methoxy groups -OCH3 is 1. The van der Waals surface area contributed by atoms with Crippen LogP contribution in [0.4, 0.5) is 0 Å². The Hall–Kier alpha value is -3.52. The van der Waals surface area contributed by atoms with Crippen LogP contribution in [0.5, 0.6) is 11.5 Å². The lowest BCUT2D eigenvalue weighted by Crippen LogP contribution is -2.04. The molecule has 4 aromatic rings. The first-order valence-corrected chi connectivity index (χ1v) is 8.98. The Morgan fingerprint density at radius 1 is 0.556 bits per heavy atom. The molecule has 0 unspecified atom stereocenters. The second-order valence-electron chi connectivity index (χ2n) is 6.69. The van der Waals surface area contributed by atoms with Gasteiger partial charge in [0.2, 0.25) is 0 Å². The maximum atomic E-state index is 11.1. The SMILES string of the molecule is COc1c(-c2ccccc2)ccc2c1-c1c-2ccc(-c2ccccc2)c1O. The van der Waals surface area contributed by atoms with Gasteiger partial charge in [-0.25, -0.2) is 0 Å². The van der Waals surface area contributed by atoms with Crippen LogP contribution >= 0.6 is 0 Å². The van der Waals surface area contributed by atoms with Gasteiger partial charge in [-0.3, -0.25) is 0 Å². The van der Waals surface area contributed by atoms with E-state index in [0.717, 1.165) is 50.3 Å². The number of fused-ring (bicyclic) bond motifs is 4. The Labute approximate surface area is 158 Å². The van der Waals surface area contributed by atoms with Gasteiger partial charge in [0.05, 0.1) is 7.11 Å². The lowest BCUT2D eigenvalue weighted by Gasteiger charge is -2.29. The van der Waals surface area contributed by atoms with E-state index in [1.54, 1.807) is 7.11 Å². The Morgan fingerprint density at radius 3 is 1.63 bits per heavy atom. The van der Waals surface area contributed by atoms with Crippen molar-refractivity contribution in [3.05, 3.63) is 84.9 Å². The van der Waals surface area contributed by atoms with Gasteiger partial charge in [0, 0.05) is 22.3 Å².